The second kappa shape index (κ2) is 33.9. The summed E-state index contributed by atoms with van der Waals surface area (Å²) in [5, 5.41) is 22.8. The third-order valence-electron chi connectivity index (χ3n) is 27.6. The van der Waals surface area contributed by atoms with Gasteiger partial charge in [0.1, 0.15) is 0 Å². The van der Waals surface area contributed by atoms with Crippen LogP contribution in [0.3, 0.4) is 0 Å². The van der Waals surface area contributed by atoms with E-state index in [1.54, 1.807) is 0 Å². The fourth-order valence-corrected chi connectivity index (χ4v) is 21.6. The number of rotatable bonds is 12. The van der Waals surface area contributed by atoms with Crippen molar-refractivity contribution in [2.24, 2.45) is 0 Å². The van der Waals surface area contributed by atoms with Crippen LogP contribution < -0.4 is 0 Å². The van der Waals surface area contributed by atoms with Gasteiger partial charge in [0.2, 0.25) is 0 Å². The Kier molecular flexibility index (Phi) is 20.0. The van der Waals surface area contributed by atoms with Crippen molar-refractivity contribution in [2.75, 3.05) is 0 Å². The van der Waals surface area contributed by atoms with Crippen LogP contribution in [0.2, 0.25) is 0 Å². The number of benzene rings is 24. The Labute approximate surface area is 783 Å². The van der Waals surface area contributed by atoms with Crippen molar-refractivity contribution >= 4 is 130 Å². The number of hydrogen-bond acceptors (Lipinski definition) is 0. The first-order valence-electron chi connectivity index (χ1n) is 46.6. The summed E-state index contributed by atoms with van der Waals surface area (Å²) in [6.45, 7) is 0. The second-order valence-corrected chi connectivity index (χ2v) is 35.1. The molecule has 27 aromatic rings. The number of aromatic nitrogens is 3. The van der Waals surface area contributed by atoms with E-state index in [1.807, 2.05) is 0 Å². The second-order valence-electron chi connectivity index (χ2n) is 35.1. The Hall–Kier alpha value is -17.8. The Morgan fingerprint density at radius 2 is 0.222 bits per heavy atom. The maximum absolute atomic E-state index is 2.41. The molecule has 3 heterocycles. The van der Waals surface area contributed by atoms with Gasteiger partial charge in [-0.2, -0.15) is 0 Å². The molecule has 0 atom stereocenters. The molecule has 0 spiro atoms. The zero-order valence-electron chi connectivity index (χ0n) is 74.1. The van der Waals surface area contributed by atoms with Gasteiger partial charge in [-0.15, -0.1) is 0 Å². The standard InChI is InChI=1S/C50H33N.C44H29N.C38H25N/c1-2-13-34(14-3-1)35-25-27-36(28-26-35)37-29-31-38(32-30-37)49-43-19-4-6-21-45(43)50(46-22-7-5-20-44(46)49)39-15-12-16-40(33-39)51-47-23-10-8-17-41(47)42-18-9-11-24-48(42)51;1-2-13-30(14-3-1)31-25-27-32(28-26-31)43-37-19-4-6-21-39(37)44(40-22-7-5-20-38(40)43)33-15-12-16-34(29-33)45-41-23-10-8-17-35(41)36-18-9-11-24-42(36)45;1-2-13-26(14-3-1)37-31-19-4-6-21-33(31)38(34-22-7-5-20-32(34)37)27-15-12-16-28(25-27)39-35-23-10-8-17-29(35)30-18-9-11-24-36(30)39/h1-33H;1-29H;1-25H. The molecule has 27 rings (SSSR count). The number of nitrogens with zero attached hydrogens (tertiary/aromatic N) is 3. The topological polar surface area (TPSA) is 14.8 Å². The molecule has 0 fully saturated rings. The molecule has 0 saturated heterocycles. The van der Waals surface area contributed by atoms with Gasteiger partial charge in [0.25, 0.3) is 0 Å². The number of hydrogen-bond donors (Lipinski definition) is 0. The fraction of sp³-hybridized carbons (Fsp3) is 0. The summed E-state index contributed by atoms with van der Waals surface area (Å²) in [4.78, 5) is 0. The van der Waals surface area contributed by atoms with Crippen LogP contribution in [0.25, 0.3) is 247 Å². The van der Waals surface area contributed by atoms with Crippen molar-refractivity contribution in [1.82, 2.24) is 13.7 Å². The number of fused-ring (bicyclic) bond motifs is 15. The first-order chi connectivity index (χ1) is 67.0. The lowest BCUT2D eigenvalue weighted by Gasteiger charge is -2.18. The van der Waals surface area contributed by atoms with Crippen molar-refractivity contribution in [2.45, 2.75) is 0 Å². The van der Waals surface area contributed by atoms with Gasteiger partial charge in [-0.3, -0.25) is 0 Å². The van der Waals surface area contributed by atoms with E-state index in [9.17, 15) is 0 Å². The summed E-state index contributed by atoms with van der Waals surface area (Å²) >= 11 is 0. The van der Waals surface area contributed by atoms with Crippen molar-refractivity contribution in [3.05, 3.63) is 528 Å². The molecular formula is C132H87N3. The van der Waals surface area contributed by atoms with E-state index < -0.39 is 0 Å². The highest BCUT2D eigenvalue weighted by Gasteiger charge is 2.24. The molecule has 630 valence electrons. The van der Waals surface area contributed by atoms with E-state index in [4.69, 9.17) is 0 Å². The quantitative estimate of drug-likeness (QED) is 0.108. The number of para-hydroxylation sites is 6. The smallest absolute Gasteiger partial charge is 0.0541 e. The molecule has 0 unspecified atom stereocenters. The molecule has 24 aromatic carbocycles. The maximum Gasteiger partial charge on any atom is 0.0541 e. The average Bonchev–Trinajstić information content (AvgIpc) is 1.73. The molecule has 3 aromatic heterocycles. The summed E-state index contributed by atoms with van der Waals surface area (Å²) in [5.41, 5.74) is 33.2. The van der Waals surface area contributed by atoms with Crippen molar-refractivity contribution in [3.63, 3.8) is 0 Å². The lowest BCUT2D eigenvalue weighted by atomic mass is 9.85. The minimum atomic E-state index is 1.16. The highest BCUT2D eigenvalue weighted by molar-refractivity contribution is 6.25. The van der Waals surface area contributed by atoms with Gasteiger partial charge in [0, 0.05) is 49.4 Å². The van der Waals surface area contributed by atoms with Crippen LogP contribution >= 0.6 is 0 Å². The minimum Gasteiger partial charge on any atom is -0.309 e. The fourth-order valence-electron chi connectivity index (χ4n) is 21.6. The normalized spacial score (nSPS) is 11.6. The van der Waals surface area contributed by atoms with Gasteiger partial charge in [-0.25, -0.2) is 0 Å². The Morgan fingerprint density at radius 3 is 0.422 bits per heavy atom. The Morgan fingerprint density at radius 1 is 0.0889 bits per heavy atom. The summed E-state index contributed by atoms with van der Waals surface area (Å²) in [5.74, 6) is 0. The van der Waals surface area contributed by atoms with E-state index in [0.29, 0.717) is 0 Å². The van der Waals surface area contributed by atoms with Crippen LogP contribution in [0.1, 0.15) is 0 Å². The first-order valence-corrected chi connectivity index (χ1v) is 46.6. The third-order valence-corrected chi connectivity index (χ3v) is 27.6. The summed E-state index contributed by atoms with van der Waals surface area (Å²) < 4.78 is 7.21. The molecule has 135 heavy (non-hydrogen) atoms. The van der Waals surface area contributed by atoms with E-state index in [1.165, 1.54) is 242 Å². The Balaban J connectivity index is 0.000000109. The lowest BCUT2D eigenvalue weighted by molar-refractivity contribution is 1.18. The van der Waals surface area contributed by atoms with Crippen LogP contribution in [0, 0.1) is 0 Å². The highest BCUT2D eigenvalue weighted by atomic mass is 15.0. The molecular weight excluding hydrogens is 1630 g/mol. The molecule has 0 N–H and O–H groups in total. The van der Waals surface area contributed by atoms with Crippen molar-refractivity contribution in [3.8, 4) is 117 Å². The molecule has 0 aliphatic rings. The van der Waals surface area contributed by atoms with E-state index in [2.05, 4.69) is 541 Å². The van der Waals surface area contributed by atoms with Crippen LogP contribution in [-0.2, 0) is 0 Å². The van der Waals surface area contributed by atoms with Crippen LogP contribution in [-0.4, -0.2) is 13.7 Å². The minimum absolute atomic E-state index is 1.16. The average molecular weight is 1720 g/mol. The van der Waals surface area contributed by atoms with Gasteiger partial charge in [-0.1, -0.05) is 455 Å². The van der Waals surface area contributed by atoms with Crippen LogP contribution in [0.4, 0.5) is 0 Å². The summed E-state index contributed by atoms with van der Waals surface area (Å²) in [6.07, 6.45) is 0. The van der Waals surface area contributed by atoms with Crippen molar-refractivity contribution < 1.29 is 0 Å². The van der Waals surface area contributed by atoms with Gasteiger partial charge < -0.3 is 13.7 Å². The molecule has 0 amide bonds. The zero-order chi connectivity index (χ0) is 89.2. The summed E-state index contributed by atoms with van der Waals surface area (Å²) in [7, 11) is 0. The van der Waals surface area contributed by atoms with E-state index in [0.717, 1.165) is 5.69 Å². The highest BCUT2D eigenvalue weighted by Crippen LogP contribution is 2.50. The first kappa shape index (κ1) is 79.4. The predicted molar refractivity (Wildman–Crippen MR) is 576 cm³/mol. The van der Waals surface area contributed by atoms with E-state index >= 15 is 0 Å². The molecule has 0 saturated carbocycles. The molecule has 3 heteroatoms. The largest absolute Gasteiger partial charge is 0.309 e. The SMILES string of the molecule is c1ccc(-c2c3ccccc3c(-c3cccc(-n4c5ccccc5c5ccccc54)c3)c3ccccc23)cc1.c1ccc(-c2ccc(-c3c4ccccc4c(-c4cccc(-n5c6ccccc6c6ccccc65)c4)c4ccccc34)cc2)cc1.c1ccc(-c2ccc(-c3ccc(-c4c5ccccc5c(-c5cccc(-n6c7ccccc7c7ccccc76)c5)c5ccccc45)cc3)cc2)cc1. The monoisotopic (exact) mass is 1710 g/mol. The summed E-state index contributed by atoms with van der Waals surface area (Å²) in [6, 6.07) is 192. The van der Waals surface area contributed by atoms with Crippen molar-refractivity contribution in [1.29, 1.82) is 0 Å². The van der Waals surface area contributed by atoms with E-state index in [-0.39, 0.29) is 0 Å². The van der Waals surface area contributed by atoms with Gasteiger partial charge in [0.15, 0.2) is 0 Å². The van der Waals surface area contributed by atoms with Crippen LogP contribution in [0.15, 0.2) is 528 Å². The molecule has 0 bridgehead atoms. The predicted octanol–water partition coefficient (Wildman–Crippen LogP) is 36.3. The zero-order valence-corrected chi connectivity index (χ0v) is 74.1. The maximum atomic E-state index is 2.41. The molecule has 0 aliphatic carbocycles. The lowest BCUT2D eigenvalue weighted by Crippen LogP contribution is -1.95. The molecule has 3 nitrogen and oxygen atoms in total. The van der Waals surface area contributed by atoms with Gasteiger partial charge in [0.05, 0.1) is 33.1 Å². The third kappa shape index (κ3) is 13.9. The van der Waals surface area contributed by atoms with Gasteiger partial charge >= 0.3 is 0 Å². The van der Waals surface area contributed by atoms with Gasteiger partial charge in [-0.05, 0) is 238 Å². The molecule has 0 radical (unpaired) electrons. The molecule has 0 aliphatic heterocycles. The van der Waals surface area contributed by atoms with Crippen LogP contribution in [0.5, 0.6) is 0 Å². The Bertz CT molecular complexity index is 8930.